The van der Waals surface area contributed by atoms with Crippen LogP contribution in [0.4, 0.5) is 5.82 Å². The second kappa shape index (κ2) is 6.37. The molecule has 1 aliphatic rings. The van der Waals surface area contributed by atoms with Crippen molar-refractivity contribution in [3.63, 3.8) is 0 Å². The van der Waals surface area contributed by atoms with Gasteiger partial charge in [-0.3, -0.25) is 10.00 Å². The summed E-state index contributed by atoms with van der Waals surface area (Å²) >= 11 is 0. The summed E-state index contributed by atoms with van der Waals surface area (Å²) in [6, 6.07) is 4.21. The largest absolute Gasteiger partial charge is 0.468 e. The number of aromatic nitrogens is 4. The molecule has 1 atom stereocenters. The molecule has 2 N–H and O–H groups in total. The maximum Gasteiger partial charge on any atom is 0.160 e. The van der Waals surface area contributed by atoms with Gasteiger partial charge in [-0.05, 0) is 38.1 Å². The van der Waals surface area contributed by atoms with E-state index in [4.69, 9.17) is 4.42 Å². The third kappa shape index (κ3) is 2.92. The molecular formula is C16H20N6O. The summed E-state index contributed by atoms with van der Waals surface area (Å²) in [5.74, 6) is 1.80. The number of rotatable bonds is 5. The molecule has 0 aromatic carbocycles. The molecule has 0 aliphatic carbocycles. The Bertz CT molecular complexity index is 747. The molecule has 3 aromatic heterocycles. The van der Waals surface area contributed by atoms with Crippen molar-refractivity contribution in [2.24, 2.45) is 0 Å². The first-order valence-corrected chi connectivity index (χ1v) is 8.07. The minimum Gasteiger partial charge on any atom is -0.468 e. The van der Waals surface area contributed by atoms with Gasteiger partial charge in [-0.25, -0.2) is 9.97 Å². The summed E-state index contributed by atoms with van der Waals surface area (Å²) in [6.45, 7) is 2.96. The van der Waals surface area contributed by atoms with Crippen molar-refractivity contribution in [2.75, 3.05) is 25.0 Å². The lowest BCUT2D eigenvalue weighted by molar-refractivity contribution is 0.153. The number of hydrogen-bond acceptors (Lipinski definition) is 6. The zero-order chi connectivity index (χ0) is 15.5. The highest BCUT2D eigenvalue weighted by atomic mass is 16.3. The van der Waals surface area contributed by atoms with Gasteiger partial charge in [-0.2, -0.15) is 5.10 Å². The topological polar surface area (TPSA) is 82.9 Å². The van der Waals surface area contributed by atoms with Gasteiger partial charge in [0.2, 0.25) is 0 Å². The van der Waals surface area contributed by atoms with Gasteiger partial charge in [0.25, 0.3) is 0 Å². The molecule has 1 aliphatic heterocycles. The predicted octanol–water partition coefficient (Wildman–Crippen LogP) is 2.58. The van der Waals surface area contributed by atoms with Crippen molar-refractivity contribution in [3.05, 3.63) is 36.7 Å². The molecule has 7 nitrogen and oxygen atoms in total. The van der Waals surface area contributed by atoms with Gasteiger partial charge in [0, 0.05) is 6.54 Å². The Morgan fingerprint density at radius 3 is 3.00 bits per heavy atom. The lowest BCUT2D eigenvalue weighted by atomic mass is 10.1. The molecule has 4 rings (SSSR count). The molecule has 1 fully saturated rings. The third-order valence-corrected chi connectivity index (χ3v) is 4.41. The van der Waals surface area contributed by atoms with Gasteiger partial charge < -0.3 is 9.73 Å². The first-order chi connectivity index (χ1) is 11.4. The molecule has 7 heteroatoms. The van der Waals surface area contributed by atoms with E-state index in [0.29, 0.717) is 0 Å². The van der Waals surface area contributed by atoms with Crippen LogP contribution in [0.3, 0.4) is 0 Å². The monoisotopic (exact) mass is 312 g/mol. The number of nitrogens with one attached hydrogen (secondary N) is 2. The summed E-state index contributed by atoms with van der Waals surface area (Å²) in [7, 11) is 0. The van der Waals surface area contributed by atoms with E-state index >= 15 is 0 Å². The second-order valence-corrected chi connectivity index (χ2v) is 5.86. The third-order valence-electron chi connectivity index (χ3n) is 4.41. The molecule has 0 saturated carbocycles. The van der Waals surface area contributed by atoms with Crippen LogP contribution >= 0.6 is 0 Å². The molecule has 23 heavy (non-hydrogen) atoms. The number of furan rings is 1. The van der Waals surface area contributed by atoms with Crippen LogP contribution in [0.5, 0.6) is 0 Å². The Kier molecular flexibility index (Phi) is 3.94. The minimum atomic E-state index is 0.210. The molecule has 0 amide bonds. The SMILES string of the molecule is c1coc([C@@H](CNc2ncnc3[nH]ncc23)N2CCCCC2)c1. The summed E-state index contributed by atoms with van der Waals surface area (Å²) in [5, 5.41) is 11.3. The Morgan fingerprint density at radius 2 is 2.17 bits per heavy atom. The second-order valence-electron chi connectivity index (χ2n) is 5.86. The van der Waals surface area contributed by atoms with E-state index in [9.17, 15) is 0 Å². The molecular weight excluding hydrogens is 292 g/mol. The minimum absolute atomic E-state index is 0.210. The maximum absolute atomic E-state index is 5.68. The maximum atomic E-state index is 5.68. The van der Waals surface area contributed by atoms with Crippen LogP contribution in [0, 0.1) is 0 Å². The molecule has 0 unspecified atom stereocenters. The number of H-pyrrole nitrogens is 1. The van der Waals surface area contributed by atoms with Crippen molar-refractivity contribution in [1.29, 1.82) is 0 Å². The average molecular weight is 312 g/mol. The number of anilines is 1. The zero-order valence-corrected chi connectivity index (χ0v) is 12.9. The first kappa shape index (κ1) is 14.2. The normalized spacial score (nSPS) is 17.4. The number of likely N-dealkylation sites (tertiary alicyclic amines) is 1. The predicted molar refractivity (Wildman–Crippen MR) is 87.0 cm³/mol. The standard InChI is InChI=1S/C16H20N6O/c1-2-6-22(7-3-1)13(14-5-4-8-23-14)10-17-15-12-9-20-21-16(12)19-11-18-15/h4-5,8-9,11,13H,1-3,6-7,10H2,(H2,17,18,19,20,21)/t13-/m1/s1. The summed E-state index contributed by atoms with van der Waals surface area (Å²) < 4.78 is 5.68. The van der Waals surface area contributed by atoms with E-state index in [2.05, 4.69) is 30.4 Å². The van der Waals surface area contributed by atoms with Crippen molar-refractivity contribution in [3.8, 4) is 0 Å². The number of hydrogen-bond donors (Lipinski definition) is 2. The van der Waals surface area contributed by atoms with Gasteiger partial charge in [0.1, 0.15) is 17.9 Å². The lowest BCUT2D eigenvalue weighted by Gasteiger charge is -2.33. The van der Waals surface area contributed by atoms with Crippen molar-refractivity contribution in [2.45, 2.75) is 25.3 Å². The number of fused-ring (bicyclic) bond motifs is 1. The van der Waals surface area contributed by atoms with Crippen molar-refractivity contribution >= 4 is 16.9 Å². The molecule has 4 heterocycles. The van der Waals surface area contributed by atoms with Crippen molar-refractivity contribution < 1.29 is 4.42 Å². The number of aromatic amines is 1. The van der Waals surface area contributed by atoms with E-state index in [1.807, 2.05) is 12.1 Å². The lowest BCUT2D eigenvalue weighted by Crippen LogP contribution is -2.37. The fourth-order valence-corrected chi connectivity index (χ4v) is 3.22. The Hall–Kier alpha value is -2.41. The van der Waals surface area contributed by atoms with E-state index in [0.717, 1.165) is 42.2 Å². The smallest absolute Gasteiger partial charge is 0.160 e. The van der Waals surface area contributed by atoms with Crippen LogP contribution in [-0.4, -0.2) is 44.7 Å². The Labute approximate surface area is 134 Å². The number of piperidine rings is 1. The highest BCUT2D eigenvalue weighted by Crippen LogP contribution is 2.26. The molecule has 120 valence electrons. The summed E-state index contributed by atoms with van der Waals surface area (Å²) in [6.07, 6.45) is 8.85. The molecule has 0 spiro atoms. The van der Waals surface area contributed by atoms with Crippen LogP contribution in [0.25, 0.3) is 11.0 Å². The van der Waals surface area contributed by atoms with Crippen LogP contribution < -0.4 is 5.32 Å². The van der Waals surface area contributed by atoms with E-state index < -0.39 is 0 Å². The van der Waals surface area contributed by atoms with Gasteiger partial charge in [0.15, 0.2) is 5.65 Å². The summed E-state index contributed by atoms with van der Waals surface area (Å²) in [5.41, 5.74) is 0.745. The molecule has 0 radical (unpaired) electrons. The Balaban J connectivity index is 1.54. The van der Waals surface area contributed by atoms with Crippen LogP contribution in [0.1, 0.15) is 31.1 Å². The average Bonchev–Trinajstić information content (AvgIpc) is 3.28. The highest BCUT2D eigenvalue weighted by Gasteiger charge is 2.24. The molecule has 0 bridgehead atoms. The zero-order valence-electron chi connectivity index (χ0n) is 12.9. The quantitative estimate of drug-likeness (QED) is 0.753. The van der Waals surface area contributed by atoms with E-state index in [1.165, 1.54) is 19.3 Å². The Morgan fingerprint density at radius 1 is 1.26 bits per heavy atom. The van der Waals surface area contributed by atoms with Gasteiger partial charge in [-0.1, -0.05) is 6.42 Å². The van der Waals surface area contributed by atoms with Crippen LogP contribution in [-0.2, 0) is 0 Å². The van der Waals surface area contributed by atoms with Gasteiger partial charge in [0.05, 0.1) is 23.9 Å². The van der Waals surface area contributed by atoms with E-state index in [1.54, 1.807) is 18.8 Å². The van der Waals surface area contributed by atoms with Crippen LogP contribution in [0.15, 0.2) is 35.3 Å². The van der Waals surface area contributed by atoms with Gasteiger partial charge >= 0.3 is 0 Å². The number of nitrogens with zero attached hydrogens (tertiary/aromatic N) is 4. The molecule has 1 saturated heterocycles. The first-order valence-electron chi connectivity index (χ1n) is 8.07. The van der Waals surface area contributed by atoms with Crippen molar-refractivity contribution in [1.82, 2.24) is 25.1 Å². The summed E-state index contributed by atoms with van der Waals surface area (Å²) in [4.78, 5) is 11.0. The fourth-order valence-electron chi connectivity index (χ4n) is 3.22. The fraction of sp³-hybridized carbons (Fsp3) is 0.438. The highest BCUT2D eigenvalue weighted by molar-refractivity contribution is 5.85. The van der Waals surface area contributed by atoms with Gasteiger partial charge in [-0.15, -0.1) is 0 Å². The molecule has 3 aromatic rings. The van der Waals surface area contributed by atoms with E-state index in [-0.39, 0.29) is 6.04 Å². The van der Waals surface area contributed by atoms with Crippen LogP contribution in [0.2, 0.25) is 0 Å².